The largest absolute Gasteiger partial charge is 0.376 e. The van der Waals surface area contributed by atoms with Gasteiger partial charge in [0.2, 0.25) is 0 Å². The molecule has 0 radical (unpaired) electrons. The molecule has 1 rings (SSSR count). The van der Waals surface area contributed by atoms with E-state index in [9.17, 15) is 4.79 Å². The molecule has 0 saturated heterocycles. The number of aromatic nitrogens is 1. The van der Waals surface area contributed by atoms with Crippen LogP contribution >= 0.6 is 0 Å². The summed E-state index contributed by atoms with van der Waals surface area (Å²) >= 11 is 0. The van der Waals surface area contributed by atoms with Crippen LogP contribution in [0.2, 0.25) is 0 Å². The van der Waals surface area contributed by atoms with Gasteiger partial charge in [0.25, 0.3) is 0 Å². The predicted octanol–water partition coefficient (Wildman–Crippen LogP) is 0.960. The second-order valence-corrected chi connectivity index (χ2v) is 2.49. The van der Waals surface area contributed by atoms with Crippen LogP contribution in [0.25, 0.3) is 0 Å². The fourth-order valence-corrected chi connectivity index (χ4v) is 0.754. The van der Waals surface area contributed by atoms with Gasteiger partial charge in [0.1, 0.15) is 0 Å². The number of carbonyl (C=O) groups is 1. The number of hydrogen-bond donors (Lipinski definition) is 0. The quantitative estimate of drug-likeness (QED) is 0.589. The molecule has 0 spiro atoms. The molecule has 1 aromatic heterocycles. The topological polar surface area (TPSA) is 33.2 Å². The van der Waals surface area contributed by atoms with Crippen molar-refractivity contribution in [1.29, 1.82) is 0 Å². The standard InChI is InChI=1S/C8H10N2O/c1-10(2)8-3-7(6-11)4-9-5-8/h3-6H,1-2H3. The smallest absolute Gasteiger partial charge is 0.151 e. The second kappa shape index (κ2) is 3.14. The average molecular weight is 150 g/mol. The van der Waals surface area contributed by atoms with Crippen LogP contribution < -0.4 is 4.90 Å². The molecule has 0 aliphatic rings. The van der Waals surface area contributed by atoms with Crippen molar-refractivity contribution in [2.75, 3.05) is 19.0 Å². The van der Waals surface area contributed by atoms with Crippen LogP contribution in [0.15, 0.2) is 18.5 Å². The van der Waals surface area contributed by atoms with E-state index in [2.05, 4.69) is 4.98 Å². The molecular weight excluding hydrogens is 140 g/mol. The summed E-state index contributed by atoms with van der Waals surface area (Å²) in [4.78, 5) is 16.1. The normalized spacial score (nSPS) is 9.27. The first-order chi connectivity index (χ1) is 5.24. The molecule has 1 aromatic rings. The van der Waals surface area contributed by atoms with Gasteiger partial charge in [0.15, 0.2) is 6.29 Å². The number of pyridine rings is 1. The van der Waals surface area contributed by atoms with E-state index in [0.29, 0.717) is 5.56 Å². The highest BCUT2D eigenvalue weighted by Crippen LogP contribution is 2.09. The molecule has 0 atom stereocenters. The lowest BCUT2D eigenvalue weighted by atomic mass is 10.3. The van der Waals surface area contributed by atoms with Crippen LogP contribution in [0.4, 0.5) is 5.69 Å². The molecule has 3 heteroatoms. The zero-order chi connectivity index (χ0) is 8.27. The molecule has 0 saturated carbocycles. The van der Waals surface area contributed by atoms with Gasteiger partial charge < -0.3 is 4.90 Å². The highest BCUT2D eigenvalue weighted by atomic mass is 16.1. The highest BCUT2D eigenvalue weighted by molar-refractivity contribution is 5.76. The average Bonchev–Trinajstić information content (AvgIpc) is 2.05. The van der Waals surface area contributed by atoms with E-state index in [1.807, 2.05) is 19.0 Å². The summed E-state index contributed by atoms with van der Waals surface area (Å²) in [5, 5.41) is 0. The fourth-order valence-electron chi connectivity index (χ4n) is 0.754. The first kappa shape index (κ1) is 7.72. The Labute approximate surface area is 65.7 Å². The number of carbonyl (C=O) groups excluding carboxylic acids is 1. The van der Waals surface area contributed by atoms with Crippen molar-refractivity contribution in [3.05, 3.63) is 24.0 Å². The van der Waals surface area contributed by atoms with E-state index in [1.54, 1.807) is 18.5 Å². The molecule has 11 heavy (non-hydrogen) atoms. The lowest BCUT2D eigenvalue weighted by Gasteiger charge is -2.10. The van der Waals surface area contributed by atoms with Crippen molar-refractivity contribution in [3.8, 4) is 0 Å². The minimum Gasteiger partial charge on any atom is -0.376 e. The van der Waals surface area contributed by atoms with Crippen molar-refractivity contribution in [1.82, 2.24) is 4.98 Å². The molecular formula is C8H10N2O. The third-order valence-electron chi connectivity index (χ3n) is 1.40. The Bertz CT molecular complexity index is 258. The minimum absolute atomic E-state index is 0.608. The van der Waals surface area contributed by atoms with Gasteiger partial charge in [-0.3, -0.25) is 9.78 Å². The summed E-state index contributed by atoms with van der Waals surface area (Å²) in [6, 6.07) is 1.79. The minimum atomic E-state index is 0.608. The highest BCUT2D eigenvalue weighted by Gasteiger charge is 1.95. The van der Waals surface area contributed by atoms with Crippen molar-refractivity contribution in [2.45, 2.75) is 0 Å². The van der Waals surface area contributed by atoms with Gasteiger partial charge >= 0.3 is 0 Å². The fraction of sp³-hybridized carbons (Fsp3) is 0.250. The van der Waals surface area contributed by atoms with Crippen LogP contribution in [-0.4, -0.2) is 25.4 Å². The van der Waals surface area contributed by atoms with E-state index in [4.69, 9.17) is 0 Å². The number of nitrogens with zero attached hydrogens (tertiary/aromatic N) is 2. The van der Waals surface area contributed by atoms with E-state index >= 15 is 0 Å². The van der Waals surface area contributed by atoms with Crippen molar-refractivity contribution in [3.63, 3.8) is 0 Å². The number of hydrogen-bond acceptors (Lipinski definition) is 3. The number of rotatable bonds is 2. The zero-order valence-corrected chi connectivity index (χ0v) is 6.61. The Morgan fingerprint density at radius 3 is 2.73 bits per heavy atom. The molecule has 0 fully saturated rings. The third-order valence-corrected chi connectivity index (χ3v) is 1.40. The Morgan fingerprint density at radius 1 is 1.45 bits per heavy atom. The summed E-state index contributed by atoms with van der Waals surface area (Å²) in [6.45, 7) is 0. The lowest BCUT2D eigenvalue weighted by molar-refractivity contribution is 0.112. The van der Waals surface area contributed by atoms with E-state index in [-0.39, 0.29) is 0 Å². The molecule has 0 N–H and O–H groups in total. The molecule has 0 amide bonds. The van der Waals surface area contributed by atoms with Crippen LogP contribution in [-0.2, 0) is 0 Å². The Balaban J connectivity index is 3.00. The predicted molar refractivity (Wildman–Crippen MR) is 44.0 cm³/mol. The first-order valence-corrected chi connectivity index (χ1v) is 3.31. The summed E-state index contributed by atoms with van der Waals surface area (Å²) in [5.74, 6) is 0. The Hall–Kier alpha value is -1.38. The SMILES string of the molecule is CN(C)c1cncc(C=O)c1. The van der Waals surface area contributed by atoms with Gasteiger partial charge in [-0.1, -0.05) is 0 Å². The number of aldehydes is 1. The molecule has 0 aliphatic carbocycles. The van der Waals surface area contributed by atoms with E-state index in [1.165, 1.54) is 0 Å². The molecule has 3 nitrogen and oxygen atoms in total. The van der Waals surface area contributed by atoms with Gasteiger partial charge in [-0.2, -0.15) is 0 Å². The molecule has 0 aromatic carbocycles. The van der Waals surface area contributed by atoms with Gasteiger partial charge in [-0.15, -0.1) is 0 Å². The van der Waals surface area contributed by atoms with Gasteiger partial charge in [-0.25, -0.2) is 0 Å². The van der Waals surface area contributed by atoms with Gasteiger partial charge in [-0.05, 0) is 6.07 Å². The van der Waals surface area contributed by atoms with Crippen molar-refractivity contribution < 1.29 is 4.79 Å². The summed E-state index contributed by atoms with van der Waals surface area (Å²) in [7, 11) is 3.82. The third kappa shape index (κ3) is 1.77. The van der Waals surface area contributed by atoms with E-state index in [0.717, 1.165) is 12.0 Å². The van der Waals surface area contributed by atoms with Gasteiger partial charge in [0, 0.05) is 25.9 Å². The monoisotopic (exact) mass is 150 g/mol. The Morgan fingerprint density at radius 2 is 2.18 bits per heavy atom. The van der Waals surface area contributed by atoms with Crippen molar-refractivity contribution in [2.24, 2.45) is 0 Å². The maximum Gasteiger partial charge on any atom is 0.151 e. The molecule has 58 valence electrons. The maximum absolute atomic E-state index is 10.3. The van der Waals surface area contributed by atoms with Crippen LogP contribution in [0, 0.1) is 0 Å². The maximum atomic E-state index is 10.3. The van der Waals surface area contributed by atoms with Gasteiger partial charge in [0.05, 0.1) is 11.9 Å². The summed E-state index contributed by atoms with van der Waals surface area (Å²) in [6.07, 6.45) is 4.05. The molecule has 1 heterocycles. The lowest BCUT2D eigenvalue weighted by Crippen LogP contribution is -2.09. The van der Waals surface area contributed by atoms with Crippen LogP contribution in [0.1, 0.15) is 10.4 Å². The van der Waals surface area contributed by atoms with Crippen LogP contribution in [0.5, 0.6) is 0 Å². The number of anilines is 1. The van der Waals surface area contributed by atoms with Crippen molar-refractivity contribution >= 4 is 12.0 Å². The first-order valence-electron chi connectivity index (χ1n) is 3.31. The zero-order valence-electron chi connectivity index (χ0n) is 6.61. The van der Waals surface area contributed by atoms with E-state index < -0.39 is 0 Å². The van der Waals surface area contributed by atoms with Crippen LogP contribution in [0.3, 0.4) is 0 Å². The summed E-state index contributed by atoms with van der Waals surface area (Å²) < 4.78 is 0. The molecule has 0 unspecified atom stereocenters. The molecule has 0 bridgehead atoms. The second-order valence-electron chi connectivity index (χ2n) is 2.49. The summed E-state index contributed by atoms with van der Waals surface area (Å²) in [5.41, 5.74) is 1.55. The Kier molecular flexibility index (Phi) is 2.21. The molecule has 0 aliphatic heterocycles.